The van der Waals surface area contributed by atoms with E-state index in [4.69, 9.17) is 33.2 Å². The van der Waals surface area contributed by atoms with Gasteiger partial charge in [0, 0.05) is 13.0 Å². The van der Waals surface area contributed by atoms with Crippen molar-refractivity contribution in [2.24, 2.45) is 50.2 Å². The number of hydrogen-bond acceptors (Lipinski definition) is 14. The lowest BCUT2D eigenvalue weighted by atomic mass is 9.33. The van der Waals surface area contributed by atoms with E-state index in [0.717, 1.165) is 45.6 Å². The number of rotatable bonds is 8. The topological polar surface area (TPSA) is 197 Å². The quantitative estimate of drug-likeness (QED) is 0.205. The van der Waals surface area contributed by atoms with Gasteiger partial charge in [-0.1, -0.05) is 47.1 Å². The summed E-state index contributed by atoms with van der Waals surface area (Å²) < 4.78 is 40.2. The van der Waals surface area contributed by atoms with Gasteiger partial charge in [0.15, 0.2) is 24.5 Å². The van der Waals surface area contributed by atoms with E-state index in [1.165, 1.54) is 19.8 Å². The molecule has 0 aromatic heterocycles. The molecular formula is C44H68O14. The molecule has 328 valence electrons. The van der Waals surface area contributed by atoms with Gasteiger partial charge in [-0.3, -0.25) is 9.59 Å². The average molecular weight is 821 g/mol. The first-order valence-corrected chi connectivity index (χ1v) is 21.3. The summed E-state index contributed by atoms with van der Waals surface area (Å²) in [4.78, 5) is 40.9. The molecule has 58 heavy (non-hydrogen) atoms. The van der Waals surface area contributed by atoms with E-state index in [2.05, 4.69) is 41.5 Å². The van der Waals surface area contributed by atoms with Crippen LogP contribution in [0.3, 0.4) is 0 Å². The van der Waals surface area contributed by atoms with Crippen molar-refractivity contribution in [1.29, 1.82) is 0 Å². The Bertz CT molecular complexity index is 1660. The van der Waals surface area contributed by atoms with Crippen molar-refractivity contribution in [3.63, 3.8) is 0 Å². The first-order chi connectivity index (χ1) is 27.1. The number of aliphatic hydroxyl groups excluding tert-OH is 4. The minimum atomic E-state index is -1.75. The van der Waals surface area contributed by atoms with E-state index in [-0.39, 0.29) is 52.4 Å². The van der Waals surface area contributed by atoms with Crippen LogP contribution in [0.5, 0.6) is 0 Å². The zero-order chi connectivity index (χ0) is 42.6. The second-order valence-electron chi connectivity index (χ2n) is 20.8. The minimum Gasteiger partial charge on any atom is -0.469 e. The molecule has 14 nitrogen and oxygen atoms in total. The molecule has 17 atom stereocenters. The number of hydrogen-bond donors (Lipinski definition) is 4. The number of carbonyl (C=O) groups excluding carboxylic acids is 3. The lowest BCUT2D eigenvalue weighted by Crippen LogP contribution is -2.67. The molecule has 0 spiro atoms. The van der Waals surface area contributed by atoms with Crippen LogP contribution in [0, 0.1) is 50.2 Å². The second kappa shape index (κ2) is 14.8. The third-order valence-electron chi connectivity index (χ3n) is 17.7. The second-order valence-corrected chi connectivity index (χ2v) is 20.8. The van der Waals surface area contributed by atoms with E-state index in [0.29, 0.717) is 19.3 Å². The van der Waals surface area contributed by atoms with Crippen molar-refractivity contribution in [2.45, 2.75) is 161 Å². The predicted molar refractivity (Wildman–Crippen MR) is 206 cm³/mol. The number of fused-ring (bicyclic) bond motifs is 7. The highest BCUT2D eigenvalue weighted by Gasteiger charge is 2.71. The van der Waals surface area contributed by atoms with Gasteiger partial charge in [0.05, 0.1) is 39.0 Å². The minimum absolute atomic E-state index is 0.00776. The molecule has 7 aliphatic rings. The average Bonchev–Trinajstić information content (AvgIpc) is 3.50. The Hall–Kier alpha value is -2.01. The van der Waals surface area contributed by atoms with Crippen molar-refractivity contribution in [3.05, 3.63) is 11.6 Å². The van der Waals surface area contributed by atoms with Crippen LogP contribution >= 0.6 is 0 Å². The fourth-order valence-electron chi connectivity index (χ4n) is 13.7. The molecule has 0 aromatic carbocycles. The summed E-state index contributed by atoms with van der Waals surface area (Å²) in [6.45, 7) is 14.9. The van der Waals surface area contributed by atoms with Crippen molar-refractivity contribution in [2.75, 3.05) is 34.5 Å². The molecule has 5 aliphatic carbocycles. The van der Waals surface area contributed by atoms with Crippen LogP contribution in [0.1, 0.15) is 106 Å². The molecule has 4 saturated carbocycles. The van der Waals surface area contributed by atoms with Gasteiger partial charge >= 0.3 is 11.9 Å². The van der Waals surface area contributed by atoms with Crippen molar-refractivity contribution >= 4 is 17.7 Å². The first-order valence-electron chi connectivity index (χ1n) is 21.3. The monoisotopic (exact) mass is 820 g/mol. The highest BCUT2D eigenvalue weighted by atomic mass is 16.8. The van der Waals surface area contributed by atoms with Gasteiger partial charge in [0.25, 0.3) is 0 Å². The summed E-state index contributed by atoms with van der Waals surface area (Å²) in [5.41, 5.74) is -2.34. The zero-order valence-electron chi connectivity index (χ0n) is 36.1. The Labute approximate surface area is 342 Å². The highest BCUT2D eigenvalue weighted by Crippen LogP contribution is 2.75. The summed E-state index contributed by atoms with van der Waals surface area (Å²) in [5.74, 6) is -1.02. The summed E-state index contributed by atoms with van der Waals surface area (Å²) in [6, 6.07) is 0. The first kappa shape index (κ1) is 44.1. The van der Waals surface area contributed by atoms with E-state index < -0.39 is 83.6 Å². The van der Waals surface area contributed by atoms with Crippen LogP contribution in [0.4, 0.5) is 0 Å². The Kier molecular flexibility index (Phi) is 11.3. The normalized spacial score (nSPS) is 51.0. The molecule has 0 amide bonds. The van der Waals surface area contributed by atoms with Gasteiger partial charge in [-0.2, -0.15) is 0 Å². The lowest BCUT2D eigenvalue weighted by molar-refractivity contribution is -0.350. The largest absolute Gasteiger partial charge is 0.469 e. The van der Waals surface area contributed by atoms with E-state index >= 15 is 0 Å². The highest BCUT2D eigenvalue weighted by molar-refractivity contribution is 5.95. The molecule has 2 heterocycles. The van der Waals surface area contributed by atoms with Crippen LogP contribution in [0.2, 0.25) is 0 Å². The number of methoxy groups -OCH3 is 3. The summed E-state index contributed by atoms with van der Waals surface area (Å²) >= 11 is 0. The maximum atomic E-state index is 15.0. The van der Waals surface area contributed by atoms with E-state index in [1.807, 2.05) is 13.0 Å². The Morgan fingerprint density at radius 1 is 0.845 bits per heavy atom. The van der Waals surface area contributed by atoms with Crippen molar-refractivity contribution < 1.29 is 68.0 Å². The standard InChI is InChI=1S/C44H68O14/c1-38(2)26-11-14-43(7)32(25(46)19-23-24-20-40(4,37(51)53-9)16-15-39(24,3)17-18-42(23,43)6)41(26,5)13-12-27(38)56-35-31(29(48)28(47)30(57-35)34(50)52-8)58-36-33(49)44(21-45,54-10)22-55-36/h19,24,26-33,35-36,45,47-49H,11-18,20-22H2,1-10H3/t24-,26-,27-,28-,29-,30-,31+,32+,33-,35+,36-,39+,40-,41-,42+,43+,44+/m0/s1. The van der Waals surface area contributed by atoms with Crippen LogP contribution in [-0.2, 0) is 47.5 Å². The van der Waals surface area contributed by atoms with Gasteiger partial charge in [-0.15, -0.1) is 0 Å². The Morgan fingerprint density at radius 2 is 1.53 bits per heavy atom. The number of aliphatic hydroxyl groups is 4. The number of ketones is 1. The molecule has 0 unspecified atom stereocenters. The SMILES string of the molecule is COC(=O)[C@H]1O[C@@H](O[C@H]2CC[C@]3(C)[C@H]4C(=O)C=C5[C@@H]6C[C@@](C)(C(=O)OC)CC[C@]6(C)CC[C@@]5(C)[C@]4(C)CC[C@H]3C2(C)C)[C@H](O[C@@H]2OC[C@@](CO)(OC)[C@H]2O)[C@@H](O)[C@@H]1O. The van der Waals surface area contributed by atoms with Crippen LogP contribution < -0.4 is 0 Å². The van der Waals surface area contributed by atoms with Gasteiger partial charge in [0.1, 0.15) is 30.0 Å². The van der Waals surface area contributed by atoms with Crippen LogP contribution in [0.25, 0.3) is 0 Å². The maximum absolute atomic E-state index is 15.0. The Balaban J connectivity index is 1.17. The molecule has 2 aliphatic heterocycles. The molecule has 7 rings (SSSR count). The number of allylic oxidation sites excluding steroid dienone is 2. The molecule has 4 N–H and O–H groups in total. The molecule has 6 fully saturated rings. The Morgan fingerprint density at radius 3 is 2.16 bits per heavy atom. The molecule has 0 bridgehead atoms. The van der Waals surface area contributed by atoms with Crippen molar-refractivity contribution in [1.82, 2.24) is 0 Å². The van der Waals surface area contributed by atoms with Crippen LogP contribution in [-0.4, -0.2) is 127 Å². The van der Waals surface area contributed by atoms with Gasteiger partial charge in [-0.05, 0) is 110 Å². The van der Waals surface area contributed by atoms with Gasteiger partial charge in [0.2, 0.25) is 0 Å². The van der Waals surface area contributed by atoms with Gasteiger partial charge in [-0.25, -0.2) is 4.79 Å². The third kappa shape index (κ3) is 6.23. The van der Waals surface area contributed by atoms with E-state index in [1.54, 1.807) is 0 Å². The fraction of sp³-hybridized carbons (Fsp3) is 0.886. The van der Waals surface area contributed by atoms with Crippen LogP contribution in [0.15, 0.2) is 11.6 Å². The fourth-order valence-corrected chi connectivity index (χ4v) is 13.7. The molecular weight excluding hydrogens is 752 g/mol. The lowest BCUT2D eigenvalue weighted by Gasteiger charge is -2.70. The third-order valence-corrected chi connectivity index (χ3v) is 17.7. The number of carbonyl (C=O) groups is 3. The summed E-state index contributed by atoms with van der Waals surface area (Å²) in [6.07, 6.45) is -2.00. The molecule has 0 aromatic rings. The summed E-state index contributed by atoms with van der Waals surface area (Å²) in [5, 5.41) is 43.5. The maximum Gasteiger partial charge on any atom is 0.337 e. The molecule has 0 radical (unpaired) electrons. The predicted octanol–water partition coefficient (Wildman–Crippen LogP) is 3.62. The number of esters is 2. The smallest absolute Gasteiger partial charge is 0.337 e. The number of ether oxygens (including phenoxy) is 7. The molecule has 14 heteroatoms. The zero-order valence-corrected chi connectivity index (χ0v) is 36.1. The summed E-state index contributed by atoms with van der Waals surface area (Å²) in [7, 11) is 3.94. The van der Waals surface area contributed by atoms with Crippen molar-refractivity contribution in [3.8, 4) is 0 Å². The van der Waals surface area contributed by atoms with E-state index in [9.17, 15) is 34.8 Å². The molecule has 2 saturated heterocycles. The van der Waals surface area contributed by atoms with Gasteiger partial charge < -0.3 is 53.6 Å².